The molecule has 1 heterocycles. The SMILES string of the molecule is Cc1ccc2cc(C#N)[nH]c2c1F. The molecule has 0 spiro atoms. The van der Waals surface area contributed by atoms with Crippen molar-refractivity contribution in [2.24, 2.45) is 0 Å². The van der Waals surface area contributed by atoms with Gasteiger partial charge in [-0.1, -0.05) is 12.1 Å². The molecule has 3 heteroatoms. The van der Waals surface area contributed by atoms with E-state index in [4.69, 9.17) is 5.26 Å². The molecule has 2 rings (SSSR count). The van der Waals surface area contributed by atoms with E-state index in [-0.39, 0.29) is 5.82 Å². The highest BCUT2D eigenvalue weighted by Crippen LogP contribution is 2.20. The maximum atomic E-state index is 13.4. The molecule has 0 aliphatic carbocycles. The van der Waals surface area contributed by atoms with Gasteiger partial charge < -0.3 is 4.98 Å². The van der Waals surface area contributed by atoms with E-state index in [1.54, 1.807) is 25.1 Å². The fourth-order valence-electron chi connectivity index (χ4n) is 1.33. The second-order valence-corrected chi connectivity index (χ2v) is 2.96. The molecule has 1 N–H and O–H groups in total. The lowest BCUT2D eigenvalue weighted by Crippen LogP contribution is -1.83. The number of hydrogen-bond donors (Lipinski definition) is 1. The van der Waals surface area contributed by atoms with Crippen molar-refractivity contribution in [1.29, 1.82) is 5.26 Å². The van der Waals surface area contributed by atoms with Gasteiger partial charge >= 0.3 is 0 Å². The van der Waals surface area contributed by atoms with Crippen LogP contribution in [-0.2, 0) is 0 Å². The van der Waals surface area contributed by atoms with Crippen LogP contribution < -0.4 is 0 Å². The minimum Gasteiger partial charge on any atom is -0.344 e. The summed E-state index contributed by atoms with van der Waals surface area (Å²) in [5.41, 5.74) is 1.38. The van der Waals surface area contributed by atoms with Crippen LogP contribution in [0.2, 0.25) is 0 Å². The highest BCUT2D eigenvalue weighted by Gasteiger charge is 2.06. The predicted molar refractivity (Wildman–Crippen MR) is 47.7 cm³/mol. The number of aromatic nitrogens is 1. The quantitative estimate of drug-likeness (QED) is 0.654. The zero-order chi connectivity index (χ0) is 9.42. The molecule has 0 unspecified atom stereocenters. The van der Waals surface area contributed by atoms with E-state index < -0.39 is 0 Å². The van der Waals surface area contributed by atoms with E-state index in [1.807, 2.05) is 6.07 Å². The summed E-state index contributed by atoms with van der Waals surface area (Å²) in [5, 5.41) is 9.33. The number of fused-ring (bicyclic) bond motifs is 1. The lowest BCUT2D eigenvalue weighted by Gasteiger charge is -1.95. The van der Waals surface area contributed by atoms with Gasteiger partial charge in [0.1, 0.15) is 17.6 Å². The number of benzene rings is 1. The third kappa shape index (κ3) is 1.07. The van der Waals surface area contributed by atoms with E-state index in [0.717, 1.165) is 5.39 Å². The molecular formula is C10H7FN2. The van der Waals surface area contributed by atoms with Crippen molar-refractivity contribution >= 4 is 10.9 Å². The molecule has 0 saturated carbocycles. The van der Waals surface area contributed by atoms with Gasteiger partial charge in [-0.05, 0) is 18.6 Å². The van der Waals surface area contributed by atoms with Gasteiger partial charge in [0.2, 0.25) is 0 Å². The Bertz CT molecular complexity index is 505. The third-order valence-corrected chi connectivity index (χ3v) is 2.05. The Morgan fingerprint density at radius 1 is 1.46 bits per heavy atom. The fourth-order valence-corrected chi connectivity index (χ4v) is 1.33. The van der Waals surface area contributed by atoms with Crippen LogP contribution in [0.5, 0.6) is 0 Å². The molecule has 0 atom stereocenters. The zero-order valence-electron chi connectivity index (χ0n) is 7.06. The van der Waals surface area contributed by atoms with Crippen LogP contribution >= 0.6 is 0 Å². The first-order valence-electron chi connectivity index (χ1n) is 3.90. The summed E-state index contributed by atoms with van der Waals surface area (Å²) in [7, 11) is 0. The summed E-state index contributed by atoms with van der Waals surface area (Å²) in [6, 6.07) is 7.08. The Balaban J connectivity index is 2.86. The molecule has 0 bridgehead atoms. The van der Waals surface area contributed by atoms with Crippen molar-refractivity contribution in [3.8, 4) is 6.07 Å². The number of aryl methyl sites for hydroxylation is 1. The largest absolute Gasteiger partial charge is 0.344 e. The van der Waals surface area contributed by atoms with Gasteiger partial charge in [-0.25, -0.2) is 4.39 Å². The van der Waals surface area contributed by atoms with Crippen molar-refractivity contribution in [2.75, 3.05) is 0 Å². The number of nitrogens with zero attached hydrogens (tertiary/aromatic N) is 1. The van der Waals surface area contributed by atoms with E-state index in [1.165, 1.54) is 0 Å². The van der Waals surface area contributed by atoms with Gasteiger partial charge in [0, 0.05) is 5.39 Å². The van der Waals surface area contributed by atoms with Crippen molar-refractivity contribution < 1.29 is 4.39 Å². The Labute approximate surface area is 74.6 Å². The van der Waals surface area contributed by atoms with Crippen LogP contribution in [0.1, 0.15) is 11.3 Å². The summed E-state index contributed by atoms with van der Waals surface area (Å²) in [6.45, 7) is 1.70. The molecule has 13 heavy (non-hydrogen) atoms. The molecule has 64 valence electrons. The standard InChI is InChI=1S/C10H7FN2/c1-6-2-3-7-4-8(5-12)13-10(7)9(6)11/h2-4,13H,1H3. The van der Waals surface area contributed by atoms with Gasteiger partial charge in [0.25, 0.3) is 0 Å². The Hall–Kier alpha value is -1.82. The monoisotopic (exact) mass is 174 g/mol. The second-order valence-electron chi connectivity index (χ2n) is 2.96. The first-order chi connectivity index (χ1) is 6.22. The molecule has 0 amide bonds. The van der Waals surface area contributed by atoms with Crippen LogP contribution in [-0.4, -0.2) is 4.98 Å². The van der Waals surface area contributed by atoms with Crippen LogP contribution in [0.25, 0.3) is 10.9 Å². The molecule has 0 fully saturated rings. The van der Waals surface area contributed by atoms with E-state index in [0.29, 0.717) is 16.8 Å². The van der Waals surface area contributed by atoms with Crippen molar-refractivity contribution in [1.82, 2.24) is 4.98 Å². The summed E-state index contributed by atoms with van der Waals surface area (Å²) in [4.78, 5) is 2.72. The van der Waals surface area contributed by atoms with Gasteiger partial charge in [-0.15, -0.1) is 0 Å². The van der Waals surface area contributed by atoms with Crippen LogP contribution in [0, 0.1) is 24.1 Å². The van der Waals surface area contributed by atoms with E-state index in [2.05, 4.69) is 4.98 Å². The number of halogens is 1. The number of aromatic amines is 1. The molecule has 1 aromatic carbocycles. The van der Waals surface area contributed by atoms with Gasteiger partial charge in [-0.2, -0.15) is 5.26 Å². The van der Waals surface area contributed by atoms with E-state index >= 15 is 0 Å². The number of hydrogen-bond acceptors (Lipinski definition) is 1. The lowest BCUT2D eigenvalue weighted by atomic mass is 10.2. The minimum atomic E-state index is -0.279. The molecule has 0 saturated heterocycles. The number of nitrogens with one attached hydrogen (secondary N) is 1. The average molecular weight is 174 g/mol. The summed E-state index contributed by atoms with van der Waals surface area (Å²) in [6.07, 6.45) is 0. The normalized spacial score (nSPS) is 10.2. The summed E-state index contributed by atoms with van der Waals surface area (Å²) in [5.74, 6) is -0.279. The molecule has 0 aliphatic heterocycles. The highest BCUT2D eigenvalue weighted by atomic mass is 19.1. The van der Waals surface area contributed by atoms with Crippen molar-refractivity contribution in [2.45, 2.75) is 6.92 Å². The summed E-state index contributed by atoms with van der Waals surface area (Å²) >= 11 is 0. The Morgan fingerprint density at radius 2 is 2.23 bits per heavy atom. The van der Waals surface area contributed by atoms with Crippen molar-refractivity contribution in [3.05, 3.63) is 35.3 Å². The molecule has 1 aromatic heterocycles. The van der Waals surface area contributed by atoms with Gasteiger partial charge in [0.05, 0.1) is 5.52 Å². The molecule has 2 aromatic rings. The first kappa shape index (κ1) is 7.81. The average Bonchev–Trinajstić information content (AvgIpc) is 2.55. The lowest BCUT2D eigenvalue weighted by molar-refractivity contribution is 0.628. The predicted octanol–water partition coefficient (Wildman–Crippen LogP) is 2.49. The smallest absolute Gasteiger partial charge is 0.150 e. The highest BCUT2D eigenvalue weighted by molar-refractivity contribution is 5.82. The first-order valence-corrected chi connectivity index (χ1v) is 3.90. The Morgan fingerprint density at radius 3 is 2.92 bits per heavy atom. The van der Waals surface area contributed by atoms with Crippen LogP contribution in [0.15, 0.2) is 18.2 Å². The Kier molecular flexibility index (Phi) is 1.56. The van der Waals surface area contributed by atoms with E-state index in [9.17, 15) is 4.39 Å². The number of nitriles is 1. The maximum absolute atomic E-state index is 13.4. The van der Waals surface area contributed by atoms with Crippen LogP contribution in [0.3, 0.4) is 0 Å². The van der Waals surface area contributed by atoms with Gasteiger partial charge in [0.15, 0.2) is 0 Å². The van der Waals surface area contributed by atoms with Crippen LogP contribution in [0.4, 0.5) is 4.39 Å². The zero-order valence-corrected chi connectivity index (χ0v) is 7.06. The number of H-pyrrole nitrogens is 1. The van der Waals surface area contributed by atoms with Gasteiger partial charge in [-0.3, -0.25) is 0 Å². The van der Waals surface area contributed by atoms with Crippen molar-refractivity contribution in [3.63, 3.8) is 0 Å². The molecule has 2 nitrogen and oxygen atoms in total. The minimum absolute atomic E-state index is 0.279. The molecule has 0 aliphatic rings. The summed E-state index contributed by atoms with van der Waals surface area (Å²) < 4.78 is 13.4. The fraction of sp³-hybridized carbons (Fsp3) is 0.100. The maximum Gasteiger partial charge on any atom is 0.150 e. The number of rotatable bonds is 0. The second kappa shape index (κ2) is 2.60. The third-order valence-electron chi connectivity index (χ3n) is 2.05. The molecule has 0 radical (unpaired) electrons. The molecular weight excluding hydrogens is 167 g/mol. The topological polar surface area (TPSA) is 39.6 Å².